The van der Waals surface area contributed by atoms with Gasteiger partial charge in [-0.2, -0.15) is 8.42 Å². The first-order valence-electron chi connectivity index (χ1n) is 10.9. The molecule has 1 saturated heterocycles. The third-order valence-electron chi connectivity index (χ3n) is 6.50. The number of hydrogen-bond acceptors (Lipinski definition) is 7. The van der Waals surface area contributed by atoms with Gasteiger partial charge >= 0.3 is 0 Å². The Balaban J connectivity index is 1.81. The summed E-state index contributed by atoms with van der Waals surface area (Å²) in [4.78, 5) is 23.9. The lowest BCUT2D eigenvalue weighted by Crippen LogP contribution is -2.43. The number of pyridine rings is 2. The van der Waals surface area contributed by atoms with Gasteiger partial charge in [-0.3, -0.25) is 4.79 Å². The van der Waals surface area contributed by atoms with Gasteiger partial charge in [0, 0.05) is 33.9 Å². The van der Waals surface area contributed by atoms with Crippen LogP contribution in [0.25, 0.3) is 11.1 Å². The van der Waals surface area contributed by atoms with Crippen LogP contribution >= 0.6 is 23.2 Å². The molecule has 1 amide bonds. The molecule has 0 radical (unpaired) electrons. The third kappa shape index (κ3) is 5.07. The van der Waals surface area contributed by atoms with Crippen LogP contribution in [-0.2, 0) is 10.0 Å². The average Bonchev–Trinajstić information content (AvgIpc) is 3.04. The Kier molecular flexibility index (Phi) is 6.70. The molecule has 35 heavy (non-hydrogen) atoms. The monoisotopic (exact) mass is 533 g/mol. The highest BCUT2D eigenvalue weighted by molar-refractivity contribution is 7.90. The maximum absolute atomic E-state index is 13.4. The molecule has 1 aliphatic rings. The number of halogens is 2. The molecule has 1 aromatic carbocycles. The van der Waals surface area contributed by atoms with E-state index in [0.717, 1.165) is 6.42 Å². The van der Waals surface area contributed by atoms with E-state index in [1.54, 1.807) is 30.5 Å². The van der Waals surface area contributed by atoms with Gasteiger partial charge in [-0.05, 0) is 68.1 Å². The van der Waals surface area contributed by atoms with Crippen molar-refractivity contribution in [2.75, 3.05) is 17.2 Å². The predicted molar refractivity (Wildman–Crippen MR) is 138 cm³/mol. The normalized spacial score (nSPS) is 17.4. The van der Waals surface area contributed by atoms with E-state index >= 15 is 0 Å². The molecule has 0 aliphatic carbocycles. The first kappa shape index (κ1) is 25.2. The number of aromatic nitrogens is 2. The van der Waals surface area contributed by atoms with Crippen LogP contribution < -0.4 is 15.4 Å². The largest absolute Gasteiger partial charge is 0.384 e. The second kappa shape index (κ2) is 9.29. The second-order valence-electron chi connectivity index (χ2n) is 9.08. The number of benzene rings is 1. The van der Waals surface area contributed by atoms with Gasteiger partial charge in [0.25, 0.3) is 15.9 Å². The van der Waals surface area contributed by atoms with Crippen molar-refractivity contribution < 1.29 is 13.2 Å². The number of nitrogen functional groups attached to an aromatic ring is 1. The van der Waals surface area contributed by atoms with Crippen LogP contribution in [0.1, 0.15) is 37.6 Å². The lowest BCUT2D eigenvalue weighted by molar-refractivity contribution is 0.0981. The minimum atomic E-state index is -4.28. The van der Waals surface area contributed by atoms with Crippen molar-refractivity contribution in [3.63, 3.8) is 0 Å². The van der Waals surface area contributed by atoms with Crippen molar-refractivity contribution >= 4 is 50.8 Å². The topological polar surface area (TPSA) is 118 Å². The van der Waals surface area contributed by atoms with Crippen molar-refractivity contribution in [2.24, 2.45) is 5.92 Å². The SMILES string of the molecule is CC1CCN(c2ncc(-c3cc(Cl)cc(Cl)c3)cc2C(=O)NS(=O)(=O)c2cccc(N)n2)C1(C)C. The summed E-state index contributed by atoms with van der Waals surface area (Å²) in [5, 5.41) is 0.494. The fraction of sp³-hybridized carbons (Fsp3) is 0.292. The maximum atomic E-state index is 13.4. The van der Waals surface area contributed by atoms with Gasteiger partial charge in [0.1, 0.15) is 11.6 Å². The Morgan fingerprint density at radius 3 is 2.43 bits per heavy atom. The van der Waals surface area contributed by atoms with Gasteiger partial charge in [0.05, 0.1) is 5.56 Å². The molecule has 3 N–H and O–H groups in total. The number of amides is 1. The first-order chi connectivity index (χ1) is 16.4. The molecule has 1 fully saturated rings. The molecular weight excluding hydrogens is 509 g/mol. The van der Waals surface area contributed by atoms with Gasteiger partial charge in [-0.15, -0.1) is 0 Å². The third-order valence-corrected chi connectivity index (χ3v) is 8.17. The predicted octanol–water partition coefficient (Wildman–Crippen LogP) is 4.78. The molecule has 11 heteroatoms. The molecule has 184 valence electrons. The standard InChI is InChI=1S/C24H25Cl2N5O3S/c1-14-7-8-31(24(14,2)3)22-19(11-16(13-28-22)15-9-17(25)12-18(26)10-15)23(32)30-35(33,34)21-6-4-5-20(27)29-21/h4-6,9-14H,7-8H2,1-3H3,(H2,27,29)(H,30,32). The Morgan fingerprint density at radius 2 is 1.83 bits per heavy atom. The van der Waals surface area contributed by atoms with Crippen LogP contribution in [0.15, 0.2) is 53.7 Å². The molecule has 1 atom stereocenters. The summed E-state index contributed by atoms with van der Waals surface area (Å²) < 4.78 is 27.9. The number of nitrogens with one attached hydrogen (secondary N) is 1. The smallest absolute Gasteiger partial charge is 0.281 e. The van der Waals surface area contributed by atoms with E-state index in [1.807, 2.05) is 4.90 Å². The summed E-state index contributed by atoms with van der Waals surface area (Å²) in [5.41, 5.74) is 6.65. The van der Waals surface area contributed by atoms with Crippen LogP contribution in [0, 0.1) is 5.92 Å². The maximum Gasteiger partial charge on any atom is 0.281 e. The molecule has 0 spiro atoms. The minimum absolute atomic E-state index is 0.0234. The summed E-state index contributed by atoms with van der Waals surface area (Å²) in [5.74, 6) is -0.0753. The van der Waals surface area contributed by atoms with Crippen LogP contribution in [0.2, 0.25) is 10.0 Å². The lowest BCUT2D eigenvalue weighted by atomic mass is 9.90. The zero-order valence-electron chi connectivity index (χ0n) is 19.4. The molecule has 0 bridgehead atoms. The van der Waals surface area contributed by atoms with Crippen molar-refractivity contribution in [3.8, 4) is 11.1 Å². The fourth-order valence-corrected chi connectivity index (χ4v) is 5.60. The number of sulfonamides is 1. The van der Waals surface area contributed by atoms with E-state index in [9.17, 15) is 13.2 Å². The lowest BCUT2D eigenvalue weighted by Gasteiger charge is -2.36. The number of nitrogens with zero attached hydrogens (tertiary/aromatic N) is 3. The molecule has 1 aliphatic heterocycles. The van der Waals surface area contributed by atoms with Crippen molar-refractivity contribution in [1.29, 1.82) is 0 Å². The summed E-state index contributed by atoms with van der Waals surface area (Å²) >= 11 is 12.3. The zero-order chi connectivity index (χ0) is 25.5. The van der Waals surface area contributed by atoms with Crippen molar-refractivity contribution in [1.82, 2.24) is 14.7 Å². The molecular formula is C24H25Cl2N5O3S. The van der Waals surface area contributed by atoms with E-state index in [2.05, 4.69) is 35.5 Å². The van der Waals surface area contributed by atoms with Crippen LogP contribution in [0.4, 0.5) is 11.6 Å². The highest BCUT2D eigenvalue weighted by atomic mass is 35.5. The van der Waals surface area contributed by atoms with Crippen molar-refractivity contribution in [3.05, 3.63) is 64.3 Å². The molecule has 3 heterocycles. The van der Waals surface area contributed by atoms with E-state index < -0.39 is 15.9 Å². The molecule has 0 saturated carbocycles. The number of carbonyl (C=O) groups excluding carboxylic acids is 1. The average molecular weight is 534 g/mol. The number of anilines is 2. The number of rotatable bonds is 5. The Labute approximate surface area is 214 Å². The Bertz CT molecular complexity index is 1390. The van der Waals surface area contributed by atoms with Gasteiger partial charge in [0.2, 0.25) is 0 Å². The van der Waals surface area contributed by atoms with E-state index in [4.69, 9.17) is 28.9 Å². The van der Waals surface area contributed by atoms with Gasteiger partial charge in [0.15, 0.2) is 5.03 Å². The first-order valence-corrected chi connectivity index (χ1v) is 13.2. The van der Waals surface area contributed by atoms with Crippen LogP contribution in [0.5, 0.6) is 0 Å². The number of carbonyl (C=O) groups is 1. The molecule has 3 aromatic rings. The molecule has 1 unspecified atom stereocenters. The number of hydrogen-bond donors (Lipinski definition) is 2. The van der Waals surface area contributed by atoms with Crippen LogP contribution in [-0.4, -0.2) is 36.4 Å². The summed E-state index contributed by atoms with van der Waals surface area (Å²) in [6.07, 6.45) is 2.54. The van der Waals surface area contributed by atoms with Gasteiger partial charge < -0.3 is 10.6 Å². The van der Waals surface area contributed by atoms with E-state index in [1.165, 1.54) is 18.2 Å². The van der Waals surface area contributed by atoms with E-state index in [-0.39, 0.29) is 21.9 Å². The number of nitrogens with two attached hydrogens (primary N) is 1. The Hall–Kier alpha value is -2.88. The quantitative estimate of drug-likeness (QED) is 0.484. The van der Waals surface area contributed by atoms with Gasteiger partial charge in [-0.1, -0.05) is 36.2 Å². The minimum Gasteiger partial charge on any atom is -0.384 e. The van der Waals surface area contributed by atoms with E-state index in [0.29, 0.717) is 39.5 Å². The highest BCUT2D eigenvalue weighted by Crippen LogP contribution is 2.39. The zero-order valence-corrected chi connectivity index (χ0v) is 21.7. The molecule has 8 nitrogen and oxygen atoms in total. The Morgan fingerprint density at radius 1 is 1.14 bits per heavy atom. The van der Waals surface area contributed by atoms with Crippen LogP contribution in [0.3, 0.4) is 0 Å². The summed E-state index contributed by atoms with van der Waals surface area (Å²) in [6, 6.07) is 10.8. The molecule has 2 aromatic heterocycles. The van der Waals surface area contributed by atoms with Gasteiger partial charge in [-0.25, -0.2) is 14.7 Å². The molecule has 4 rings (SSSR count). The second-order valence-corrected chi connectivity index (χ2v) is 11.6. The fourth-order valence-electron chi connectivity index (χ4n) is 4.14. The summed E-state index contributed by atoms with van der Waals surface area (Å²) in [7, 11) is -4.28. The van der Waals surface area contributed by atoms with Crippen molar-refractivity contribution in [2.45, 2.75) is 37.8 Å². The highest BCUT2D eigenvalue weighted by Gasteiger charge is 2.41. The summed E-state index contributed by atoms with van der Waals surface area (Å²) in [6.45, 7) is 6.96.